The highest BCUT2D eigenvalue weighted by Gasteiger charge is 2.17. The van der Waals surface area contributed by atoms with Gasteiger partial charge in [-0.2, -0.15) is 5.26 Å². The van der Waals surface area contributed by atoms with Crippen molar-refractivity contribution in [3.05, 3.63) is 0 Å². The van der Waals surface area contributed by atoms with Crippen LogP contribution in [0.3, 0.4) is 0 Å². The summed E-state index contributed by atoms with van der Waals surface area (Å²) in [6.45, 7) is 1.80. The molecule has 0 fully saturated rings. The van der Waals surface area contributed by atoms with Gasteiger partial charge in [-0.05, 0) is 6.92 Å². The number of carbonyl (C=O) groups is 2. The number of esters is 1. The van der Waals surface area contributed by atoms with E-state index >= 15 is 0 Å². The molecule has 0 aromatic carbocycles. The molecule has 0 aliphatic heterocycles. The van der Waals surface area contributed by atoms with Crippen molar-refractivity contribution in [2.45, 2.75) is 13.3 Å². The SMILES string of the molecule is COC(=O)CCN(C)C(=O)C(C)C#N. The average molecular weight is 198 g/mol. The molecule has 0 rings (SSSR count). The lowest BCUT2D eigenvalue weighted by atomic mass is 10.2. The van der Waals surface area contributed by atoms with Gasteiger partial charge in [0.2, 0.25) is 5.91 Å². The standard InChI is InChI=1S/C9H14N2O3/c1-7(6-10)9(13)11(2)5-4-8(12)14-3/h7H,4-5H2,1-3H3. The zero-order valence-corrected chi connectivity index (χ0v) is 8.61. The van der Waals surface area contributed by atoms with Crippen molar-refractivity contribution in [1.82, 2.24) is 4.90 Å². The molecule has 1 atom stereocenters. The van der Waals surface area contributed by atoms with Crippen LogP contribution in [0.15, 0.2) is 0 Å². The number of hydrogen-bond donors (Lipinski definition) is 0. The maximum atomic E-state index is 11.3. The van der Waals surface area contributed by atoms with Crippen LogP contribution in [0.4, 0.5) is 0 Å². The summed E-state index contributed by atoms with van der Waals surface area (Å²) in [6.07, 6.45) is 0.150. The number of rotatable bonds is 4. The van der Waals surface area contributed by atoms with Crippen molar-refractivity contribution in [2.75, 3.05) is 20.7 Å². The number of carbonyl (C=O) groups excluding carboxylic acids is 2. The Hall–Kier alpha value is -1.57. The van der Waals surface area contributed by atoms with Gasteiger partial charge in [-0.1, -0.05) is 0 Å². The molecule has 5 heteroatoms. The first kappa shape index (κ1) is 12.4. The molecule has 0 N–H and O–H groups in total. The summed E-state index contributed by atoms with van der Waals surface area (Å²) in [5.74, 6) is -1.32. The molecule has 0 radical (unpaired) electrons. The predicted molar refractivity (Wildman–Crippen MR) is 49.0 cm³/mol. The average Bonchev–Trinajstić information content (AvgIpc) is 2.22. The third-order valence-electron chi connectivity index (χ3n) is 1.82. The van der Waals surface area contributed by atoms with Gasteiger partial charge in [-0.3, -0.25) is 9.59 Å². The smallest absolute Gasteiger partial charge is 0.307 e. The van der Waals surface area contributed by atoms with E-state index in [1.165, 1.54) is 18.9 Å². The Morgan fingerprint density at radius 2 is 2.14 bits per heavy atom. The summed E-state index contributed by atoms with van der Waals surface area (Å²) < 4.78 is 4.43. The van der Waals surface area contributed by atoms with E-state index in [1.54, 1.807) is 7.05 Å². The van der Waals surface area contributed by atoms with Crippen LogP contribution in [0, 0.1) is 17.2 Å². The van der Waals surface area contributed by atoms with Crippen LogP contribution in [0.1, 0.15) is 13.3 Å². The van der Waals surface area contributed by atoms with E-state index < -0.39 is 5.92 Å². The first-order valence-electron chi connectivity index (χ1n) is 4.24. The van der Waals surface area contributed by atoms with Crippen LogP contribution in [-0.4, -0.2) is 37.5 Å². The lowest BCUT2D eigenvalue weighted by Gasteiger charge is -2.17. The van der Waals surface area contributed by atoms with Crippen LogP contribution in [0.5, 0.6) is 0 Å². The minimum absolute atomic E-state index is 0.150. The van der Waals surface area contributed by atoms with Crippen molar-refractivity contribution >= 4 is 11.9 Å². The topological polar surface area (TPSA) is 70.4 Å². The highest BCUT2D eigenvalue weighted by atomic mass is 16.5. The zero-order valence-electron chi connectivity index (χ0n) is 8.61. The van der Waals surface area contributed by atoms with Crippen LogP contribution >= 0.6 is 0 Å². The Balaban J connectivity index is 3.97. The molecular weight excluding hydrogens is 184 g/mol. The molecule has 0 heterocycles. The van der Waals surface area contributed by atoms with Gasteiger partial charge in [-0.25, -0.2) is 0 Å². The molecule has 0 aliphatic carbocycles. The number of amides is 1. The van der Waals surface area contributed by atoms with E-state index in [0.717, 1.165) is 0 Å². The minimum Gasteiger partial charge on any atom is -0.469 e. The van der Waals surface area contributed by atoms with Gasteiger partial charge in [0.15, 0.2) is 0 Å². The summed E-state index contributed by atoms with van der Waals surface area (Å²) >= 11 is 0. The fourth-order valence-electron chi connectivity index (χ4n) is 0.857. The number of nitrogens with zero attached hydrogens (tertiary/aromatic N) is 2. The largest absolute Gasteiger partial charge is 0.469 e. The molecule has 0 aliphatic rings. The molecule has 14 heavy (non-hydrogen) atoms. The molecule has 0 aromatic rings. The molecule has 0 bridgehead atoms. The first-order valence-corrected chi connectivity index (χ1v) is 4.24. The maximum absolute atomic E-state index is 11.3. The molecule has 5 nitrogen and oxygen atoms in total. The molecule has 0 saturated heterocycles. The van der Waals surface area contributed by atoms with E-state index in [9.17, 15) is 9.59 Å². The normalized spacial score (nSPS) is 11.3. The summed E-state index contributed by atoms with van der Waals surface area (Å²) in [7, 11) is 2.85. The molecule has 78 valence electrons. The van der Waals surface area contributed by atoms with Gasteiger partial charge in [0.25, 0.3) is 0 Å². The highest BCUT2D eigenvalue weighted by molar-refractivity contribution is 5.81. The first-order chi connectivity index (χ1) is 6.52. The summed E-state index contributed by atoms with van der Waals surface area (Å²) in [5, 5.41) is 8.49. The highest BCUT2D eigenvalue weighted by Crippen LogP contribution is 2.00. The van der Waals surface area contributed by atoms with Crippen LogP contribution in [-0.2, 0) is 14.3 Å². The molecule has 1 unspecified atom stereocenters. The number of hydrogen-bond acceptors (Lipinski definition) is 4. The molecule has 0 spiro atoms. The Kier molecular flexibility index (Phi) is 5.30. The van der Waals surface area contributed by atoms with E-state index in [0.29, 0.717) is 0 Å². The Bertz CT molecular complexity index is 257. The lowest BCUT2D eigenvalue weighted by Crippen LogP contribution is -2.33. The number of nitriles is 1. The van der Waals surface area contributed by atoms with Gasteiger partial charge in [0.1, 0.15) is 5.92 Å². The predicted octanol–water partition coefficient (Wildman–Crippen LogP) is 0.168. The maximum Gasteiger partial charge on any atom is 0.307 e. The molecule has 0 aromatic heterocycles. The Morgan fingerprint density at radius 3 is 2.57 bits per heavy atom. The molecular formula is C9H14N2O3. The lowest BCUT2D eigenvalue weighted by molar-refractivity contribution is -0.141. The van der Waals surface area contributed by atoms with Gasteiger partial charge >= 0.3 is 5.97 Å². The Labute approximate surface area is 83.2 Å². The summed E-state index contributed by atoms with van der Waals surface area (Å²) in [5.41, 5.74) is 0. The van der Waals surface area contributed by atoms with E-state index in [2.05, 4.69) is 4.74 Å². The van der Waals surface area contributed by atoms with E-state index in [1.807, 2.05) is 6.07 Å². The van der Waals surface area contributed by atoms with Crippen molar-refractivity contribution < 1.29 is 14.3 Å². The van der Waals surface area contributed by atoms with Crippen molar-refractivity contribution in [3.63, 3.8) is 0 Å². The second kappa shape index (κ2) is 5.97. The van der Waals surface area contributed by atoms with Gasteiger partial charge < -0.3 is 9.64 Å². The van der Waals surface area contributed by atoms with Gasteiger partial charge in [0.05, 0.1) is 19.6 Å². The van der Waals surface area contributed by atoms with Crippen molar-refractivity contribution in [2.24, 2.45) is 5.92 Å². The minimum atomic E-state index is -0.669. The quantitative estimate of drug-likeness (QED) is 0.603. The van der Waals surface area contributed by atoms with Gasteiger partial charge in [-0.15, -0.1) is 0 Å². The van der Waals surface area contributed by atoms with Crippen molar-refractivity contribution in [1.29, 1.82) is 5.26 Å². The molecule has 1 amide bonds. The third-order valence-corrected chi connectivity index (χ3v) is 1.82. The van der Waals surface area contributed by atoms with E-state index in [-0.39, 0.29) is 24.8 Å². The fraction of sp³-hybridized carbons (Fsp3) is 0.667. The van der Waals surface area contributed by atoms with Gasteiger partial charge in [0, 0.05) is 13.6 Å². The van der Waals surface area contributed by atoms with Crippen LogP contribution < -0.4 is 0 Å². The second-order valence-corrected chi connectivity index (χ2v) is 2.94. The van der Waals surface area contributed by atoms with E-state index in [4.69, 9.17) is 5.26 Å². The molecule has 0 saturated carbocycles. The summed E-state index contributed by atoms with van der Waals surface area (Å²) in [6, 6.07) is 1.84. The zero-order chi connectivity index (χ0) is 11.1. The Morgan fingerprint density at radius 1 is 1.57 bits per heavy atom. The fourth-order valence-corrected chi connectivity index (χ4v) is 0.857. The van der Waals surface area contributed by atoms with Crippen molar-refractivity contribution in [3.8, 4) is 6.07 Å². The van der Waals surface area contributed by atoms with Crippen LogP contribution in [0.25, 0.3) is 0 Å². The summed E-state index contributed by atoms with van der Waals surface area (Å²) in [4.78, 5) is 23.4. The number of ether oxygens (including phenoxy) is 1. The van der Waals surface area contributed by atoms with Crippen LogP contribution in [0.2, 0.25) is 0 Å². The monoisotopic (exact) mass is 198 g/mol. The third kappa shape index (κ3) is 3.90. The number of methoxy groups -OCH3 is 1. The second-order valence-electron chi connectivity index (χ2n) is 2.94.